The number of halogens is 2. The molecule has 2 N–H and O–H groups in total. The first-order valence-corrected chi connectivity index (χ1v) is 8.51. The van der Waals surface area contributed by atoms with Gasteiger partial charge >= 0.3 is 12.6 Å². The number of hydrogen-bond acceptors (Lipinski definition) is 5. The van der Waals surface area contributed by atoms with Crippen LogP contribution >= 0.6 is 11.8 Å². The molecule has 0 bridgehead atoms. The van der Waals surface area contributed by atoms with Crippen molar-refractivity contribution in [3.05, 3.63) is 48.4 Å². The molecule has 3 aromatic rings. The van der Waals surface area contributed by atoms with E-state index in [0.29, 0.717) is 11.3 Å². The molecule has 2 heterocycles. The third-order valence-electron chi connectivity index (χ3n) is 3.35. The number of alkyl halides is 2. The average molecular weight is 380 g/mol. The van der Waals surface area contributed by atoms with Crippen LogP contribution in [-0.2, 0) is 11.3 Å². The third-order valence-corrected chi connectivity index (χ3v) is 4.30. The van der Waals surface area contributed by atoms with Crippen LogP contribution in [0.15, 0.2) is 52.2 Å². The monoisotopic (exact) mass is 380 g/mol. The first-order valence-electron chi connectivity index (χ1n) is 7.52. The van der Waals surface area contributed by atoms with Crippen LogP contribution in [0.1, 0.15) is 12.3 Å². The van der Waals surface area contributed by atoms with Crippen LogP contribution < -0.4 is 10.6 Å². The normalized spacial score (nSPS) is 11.0. The number of imidazole rings is 1. The minimum atomic E-state index is -2.79. The van der Waals surface area contributed by atoms with E-state index in [0.717, 1.165) is 16.3 Å². The molecule has 0 aliphatic carbocycles. The highest BCUT2D eigenvalue weighted by atomic mass is 32.2. The van der Waals surface area contributed by atoms with E-state index < -0.39 is 18.5 Å². The molecule has 0 atom stereocenters. The Bertz CT molecular complexity index is 912. The predicted octanol–water partition coefficient (Wildman–Crippen LogP) is 3.14. The topological polar surface area (TPSA) is 89.2 Å². The van der Waals surface area contributed by atoms with E-state index in [1.807, 2.05) is 0 Å². The van der Waals surface area contributed by atoms with Gasteiger partial charge in [0.15, 0.2) is 5.16 Å². The molecule has 0 unspecified atom stereocenters. The third kappa shape index (κ3) is 4.20. The molecule has 1 aromatic carbocycles. The maximum atomic E-state index is 13.3. The summed E-state index contributed by atoms with van der Waals surface area (Å²) in [5.41, 5.74) is 0.688. The highest BCUT2D eigenvalue weighted by molar-refractivity contribution is 7.99. The lowest BCUT2D eigenvalue weighted by molar-refractivity contribution is -0.117. The number of amides is 3. The molecule has 7 nitrogen and oxygen atoms in total. The molecular formula is C16H14F2N4O3S. The summed E-state index contributed by atoms with van der Waals surface area (Å²) in [5.74, 6) is -0.322. The molecule has 0 radical (unpaired) electrons. The Hall–Kier alpha value is -2.88. The predicted molar refractivity (Wildman–Crippen MR) is 90.8 cm³/mol. The van der Waals surface area contributed by atoms with Crippen molar-refractivity contribution >= 4 is 34.7 Å². The van der Waals surface area contributed by atoms with Crippen molar-refractivity contribution in [1.82, 2.24) is 20.2 Å². The van der Waals surface area contributed by atoms with Crippen LogP contribution in [0.5, 0.6) is 0 Å². The minimum absolute atomic E-state index is 0.00680. The maximum Gasteiger partial charge on any atom is 0.321 e. The molecular weight excluding hydrogens is 366 g/mol. The summed E-state index contributed by atoms with van der Waals surface area (Å²) in [6.45, 7) is -2.66. The second kappa shape index (κ2) is 8.00. The summed E-state index contributed by atoms with van der Waals surface area (Å²) in [6, 6.07) is 9.11. The molecule has 136 valence electrons. The van der Waals surface area contributed by atoms with Crippen molar-refractivity contribution in [2.45, 2.75) is 18.3 Å². The average Bonchev–Trinajstić information content (AvgIpc) is 3.25. The lowest BCUT2D eigenvalue weighted by atomic mass is 10.3. The van der Waals surface area contributed by atoms with Gasteiger partial charge in [0.05, 0.1) is 29.6 Å². The zero-order chi connectivity index (χ0) is 18.5. The number of hydrogen-bond donors (Lipinski definition) is 2. The molecule has 0 aliphatic rings. The van der Waals surface area contributed by atoms with Crippen molar-refractivity contribution in [2.24, 2.45) is 0 Å². The van der Waals surface area contributed by atoms with E-state index >= 15 is 0 Å². The SMILES string of the molecule is O=C(CSc1nc2ccccc2n1C(F)F)NC(=O)NCc1ccco1. The highest BCUT2D eigenvalue weighted by Crippen LogP contribution is 2.28. The highest BCUT2D eigenvalue weighted by Gasteiger charge is 2.19. The summed E-state index contributed by atoms with van der Waals surface area (Å²) >= 11 is 0.828. The molecule has 0 spiro atoms. The fourth-order valence-electron chi connectivity index (χ4n) is 2.23. The molecule has 26 heavy (non-hydrogen) atoms. The number of fused-ring (bicyclic) bond motifs is 1. The first kappa shape index (κ1) is 17.9. The Morgan fingerprint density at radius 3 is 2.77 bits per heavy atom. The zero-order valence-corrected chi connectivity index (χ0v) is 14.1. The van der Waals surface area contributed by atoms with Crippen molar-refractivity contribution in [3.8, 4) is 0 Å². The van der Waals surface area contributed by atoms with Gasteiger partial charge in [0.2, 0.25) is 5.91 Å². The molecule has 3 rings (SSSR count). The van der Waals surface area contributed by atoms with Gasteiger partial charge in [-0.25, -0.2) is 9.78 Å². The smallest absolute Gasteiger partial charge is 0.321 e. The Kier molecular flexibility index (Phi) is 5.52. The van der Waals surface area contributed by atoms with Crippen LogP contribution in [0.25, 0.3) is 11.0 Å². The van der Waals surface area contributed by atoms with Gasteiger partial charge in [-0.15, -0.1) is 0 Å². The second-order valence-electron chi connectivity index (χ2n) is 5.13. The van der Waals surface area contributed by atoms with Gasteiger partial charge in [-0.05, 0) is 24.3 Å². The molecule has 0 aliphatic heterocycles. The van der Waals surface area contributed by atoms with Gasteiger partial charge in [0.1, 0.15) is 5.76 Å². The van der Waals surface area contributed by atoms with Crippen LogP contribution in [0.2, 0.25) is 0 Å². The largest absolute Gasteiger partial charge is 0.467 e. The summed E-state index contributed by atoms with van der Waals surface area (Å²) in [4.78, 5) is 27.6. The summed E-state index contributed by atoms with van der Waals surface area (Å²) < 4.78 is 32.4. The van der Waals surface area contributed by atoms with E-state index in [9.17, 15) is 18.4 Å². The van der Waals surface area contributed by atoms with Crippen molar-refractivity contribution < 1.29 is 22.8 Å². The number of imide groups is 1. The van der Waals surface area contributed by atoms with Gasteiger partial charge in [-0.1, -0.05) is 23.9 Å². The van der Waals surface area contributed by atoms with Crippen molar-refractivity contribution in [3.63, 3.8) is 0 Å². The molecule has 2 aromatic heterocycles. The Labute approximate surface area is 150 Å². The molecule has 0 saturated heterocycles. The van der Waals surface area contributed by atoms with E-state index in [4.69, 9.17) is 4.42 Å². The lowest BCUT2D eigenvalue weighted by Gasteiger charge is -2.08. The number of rotatable bonds is 6. The number of aromatic nitrogens is 2. The minimum Gasteiger partial charge on any atom is -0.467 e. The van der Waals surface area contributed by atoms with Gasteiger partial charge in [0.25, 0.3) is 0 Å². The summed E-state index contributed by atoms with van der Waals surface area (Å²) in [7, 11) is 0. The Morgan fingerprint density at radius 2 is 2.04 bits per heavy atom. The number of carbonyl (C=O) groups excluding carboxylic acids is 2. The number of benzene rings is 1. The van der Waals surface area contributed by atoms with Crippen molar-refractivity contribution in [2.75, 3.05) is 5.75 Å². The number of nitrogens with zero attached hydrogens (tertiary/aromatic N) is 2. The fourth-order valence-corrected chi connectivity index (χ4v) is 3.04. The van der Waals surface area contributed by atoms with Crippen LogP contribution in [-0.4, -0.2) is 27.2 Å². The van der Waals surface area contributed by atoms with Gasteiger partial charge in [0, 0.05) is 0 Å². The maximum absolute atomic E-state index is 13.3. The number of nitrogens with one attached hydrogen (secondary N) is 2. The number of urea groups is 1. The molecule has 10 heteroatoms. The molecule has 3 amide bonds. The number of thioether (sulfide) groups is 1. The van der Waals surface area contributed by atoms with Crippen LogP contribution in [0.3, 0.4) is 0 Å². The van der Waals surface area contributed by atoms with E-state index in [1.54, 1.807) is 30.3 Å². The fraction of sp³-hybridized carbons (Fsp3) is 0.188. The van der Waals surface area contributed by atoms with Crippen LogP contribution in [0.4, 0.5) is 13.6 Å². The summed E-state index contributed by atoms with van der Waals surface area (Å²) in [6.07, 6.45) is 1.46. The molecule has 0 saturated carbocycles. The molecule has 0 fully saturated rings. The number of para-hydroxylation sites is 2. The summed E-state index contributed by atoms with van der Waals surface area (Å²) in [5, 5.41) is 4.58. The van der Waals surface area contributed by atoms with Gasteiger partial charge in [-0.3, -0.25) is 14.7 Å². The number of carbonyl (C=O) groups is 2. The van der Waals surface area contributed by atoms with E-state index in [2.05, 4.69) is 15.6 Å². The van der Waals surface area contributed by atoms with E-state index in [-0.39, 0.29) is 23.0 Å². The van der Waals surface area contributed by atoms with Crippen molar-refractivity contribution in [1.29, 1.82) is 0 Å². The number of furan rings is 1. The first-order chi connectivity index (χ1) is 12.5. The lowest BCUT2D eigenvalue weighted by Crippen LogP contribution is -2.39. The zero-order valence-electron chi connectivity index (χ0n) is 13.3. The van der Waals surface area contributed by atoms with Gasteiger partial charge < -0.3 is 9.73 Å². The second-order valence-corrected chi connectivity index (χ2v) is 6.07. The van der Waals surface area contributed by atoms with Crippen LogP contribution in [0, 0.1) is 0 Å². The Balaban J connectivity index is 1.56. The Morgan fingerprint density at radius 1 is 1.23 bits per heavy atom. The van der Waals surface area contributed by atoms with E-state index in [1.165, 1.54) is 12.3 Å². The van der Waals surface area contributed by atoms with Gasteiger partial charge in [-0.2, -0.15) is 8.78 Å². The quantitative estimate of drug-likeness (QED) is 0.642. The standard InChI is InChI=1S/C16H14F2N4O3S/c17-14(18)22-12-6-2-1-5-11(12)20-16(22)26-9-13(23)21-15(24)19-8-10-4-3-7-25-10/h1-7,14H,8-9H2,(H2,19,21,23,24).